The number of aromatic nitrogens is 1. The minimum absolute atomic E-state index is 0.379. The van der Waals surface area contributed by atoms with Crippen LogP contribution in [0.2, 0.25) is 0 Å². The second-order valence-electron chi connectivity index (χ2n) is 13.1. The normalized spacial score (nSPS) is 11.7. The van der Waals surface area contributed by atoms with Crippen LogP contribution in [0.4, 0.5) is 5.69 Å². The Labute approximate surface area is 294 Å². The molecule has 2 aromatic heterocycles. The Morgan fingerprint density at radius 2 is 1.14 bits per heavy atom. The summed E-state index contributed by atoms with van der Waals surface area (Å²) in [5, 5.41) is 6.89. The molecule has 0 aliphatic rings. The van der Waals surface area contributed by atoms with Crippen molar-refractivity contribution in [2.24, 2.45) is 0 Å². The highest BCUT2D eigenvalue weighted by Gasteiger charge is 2.18. The van der Waals surface area contributed by atoms with Crippen LogP contribution in [0.15, 0.2) is 174 Å². The number of nitrogen functional groups attached to an aromatic ring is 1. The van der Waals surface area contributed by atoms with E-state index in [2.05, 4.69) is 150 Å². The van der Waals surface area contributed by atoms with E-state index in [4.69, 9.17) is 14.9 Å². The lowest BCUT2D eigenvalue weighted by molar-refractivity contribution is 0.312. The van der Waals surface area contributed by atoms with E-state index in [0.29, 0.717) is 18.0 Å². The first-order chi connectivity index (χ1) is 25.2. The maximum Gasteiger partial charge on any atom is 0.154 e. The van der Waals surface area contributed by atoms with Gasteiger partial charge in [-0.25, -0.2) is 0 Å². The molecule has 0 fully saturated rings. The van der Waals surface area contributed by atoms with Crippen LogP contribution in [-0.2, 0) is 6.61 Å². The number of nitrogens with two attached hydrogens (primary N) is 1. The third-order valence-corrected chi connectivity index (χ3v) is 10.1. The standard InChI is InChI=1S/C47H32N2O2/c48-40-22-26-44-46(39-28-35(21-25-43(39)51-44)31-9-3-1-4-10-31)47(40)50-29-30-15-17-32(18-16-30)34-20-23-41-38(27-34)45-37-14-8-7-11-33(37)19-24-42(45)49(41)36-12-5-2-6-13-36/h1-28H,29,48H2. The molecule has 51 heavy (non-hydrogen) atoms. The fourth-order valence-corrected chi connectivity index (χ4v) is 7.59. The van der Waals surface area contributed by atoms with Crippen molar-refractivity contribution in [3.05, 3.63) is 175 Å². The Morgan fingerprint density at radius 3 is 1.96 bits per heavy atom. The minimum Gasteiger partial charge on any atom is -0.486 e. The average molecular weight is 657 g/mol. The molecule has 4 heteroatoms. The van der Waals surface area contributed by atoms with Crippen LogP contribution < -0.4 is 10.5 Å². The molecule has 242 valence electrons. The van der Waals surface area contributed by atoms with Gasteiger partial charge in [0, 0.05) is 21.8 Å². The molecule has 2 heterocycles. The summed E-state index contributed by atoms with van der Waals surface area (Å²) in [6.07, 6.45) is 0. The van der Waals surface area contributed by atoms with Crippen molar-refractivity contribution < 1.29 is 9.15 Å². The fraction of sp³-hybridized carbons (Fsp3) is 0.0213. The number of benzene rings is 8. The SMILES string of the molecule is Nc1ccc2oc3ccc(-c4ccccc4)cc3c2c1OCc1ccc(-c2ccc3c(c2)c2c4ccccc4ccc2n3-c2ccccc2)cc1. The smallest absolute Gasteiger partial charge is 0.154 e. The minimum atomic E-state index is 0.379. The Hall–Kier alpha value is -6.78. The molecular formula is C47H32N2O2. The quantitative estimate of drug-likeness (QED) is 0.181. The van der Waals surface area contributed by atoms with E-state index in [1.165, 1.54) is 38.1 Å². The monoisotopic (exact) mass is 656 g/mol. The summed E-state index contributed by atoms with van der Waals surface area (Å²) in [4.78, 5) is 0. The summed E-state index contributed by atoms with van der Waals surface area (Å²) in [5.41, 5.74) is 17.9. The van der Waals surface area contributed by atoms with E-state index in [9.17, 15) is 0 Å². The van der Waals surface area contributed by atoms with Crippen molar-refractivity contribution in [3.63, 3.8) is 0 Å². The first-order valence-electron chi connectivity index (χ1n) is 17.2. The van der Waals surface area contributed by atoms with Crippen molar-refractivity contribution in [2.45, 2.75) is 6.61 Å². The maximum absolute atomic E-state index is 6.54. The third-order valence-electron chi connectivity index (χ3n) is 10.1. The summed E-state index contributed by atoms with van der Waals surface area (Å²) in [6, 6.07) is 59.6. The van der Waals surface area contributed by atoms with Gasteiger partial charge in [0.25, 0.3) is 0 Å². The number of fused-ring (bicyclic) bond motifs is 8. The lowest BCUT2D eigenvalue weighted by Crippen LogP contribution is -1.99. The van der Waals surface area contributed by atoms with Gasteiger partial charge in [-0.2, -0.15) is 0 Å². The average Bonchev–Trinajstić information content (AvgIpc) is 3.74. The lowest BCUT2D eigenvalue weighted by atomic mass is 9.99. The summed E-state index contributed by atoms with van der Waals surface area (Å²) < 4.78 is 15.1. The number of hydrogen-bond acceptors (Lipinski definition) is 3. The van der Waals surface area contributed by atoms with Gasteiger partial charge >= 0.3 is 0 Å². The van der Waals surface area contributed by atoms with Gasteiger partial charge in [0.05, 0.1) is 22.1 Å². The van der Waals surface area contributed by atoms with Crippen LogP contribution >= 0.6 is 0 Å². The molecule has 0 aliphatic heterocycles. The van der Waals surface area contributed by atoms with E-state index in [1.54, 1.807) is 0 Å². The van der Waals surface area contributed by atoms with Gasteiger partial charge in [0.2, 0.25) is 0 Å². The summed E-state index contributed by atoms with van der Waals surface area (Å²) in [5.74, 6) is 0.646. The molecule has 8 aromatic carbocycles. The van der Waals surface area contributed by atoms with Crippen LogP contribution in [-0.4, -0.2) is 4.57 Å². The van der Waals surface area contributed by atoms with E-state index in [1.807, 2.05) is 24.3 Å². The van der Waals surface area contributed by atoms with E-state index in [-0.39, 0.29) is 0 Å². The first kappa shape index (κ1) is 29.2. The van der Waals surface area contributed by atoms with Gasteiger partial charge in [0.1, 0.15) is 17.8 Å². The zero-order valence-electron chi connectivity index (χ0n) is 27.7. The fourth-order valence-electron chi connectivity index (χ4n) is 7.59. The van der Waals surface area contributed by atoms with Crippen LogP contribution in [0, 0.1) is 0 Å². The third kappa shape index (κ3) is 4.84. The second-order valence-corrected chi connectivity index (χ2v) is 13.1. The molecule has 0 bridgehead atoms. The predicted octanol–water partition coefficient (Wildman–Crippen LogP) is 12.3. The lowest BCUT2D eigenvalue weighted by Gasteiger charge is -2.11. The van der Waals surface area contributed by atoms with Gasteiger partial charge in [-0.1, -0.05) is 115 Å². The number of rotatable bonds is 6. The Morgan fingerprint density at radius 1 is 0.490 bits per heavy atom. The number of hydrogen-bond donors (Lipinski definition) is 1. The zero-order chi connectivity index (χ0) is 33.9. The molecule has 10 aromatic rings. The van der Waals surface area contributed by atoms with Crippen molar-refractivity contribution in [1.82, 2.24) is 4.57 Å². The molecular weight excluding hydrogens is 625 g/mol. The Kier molecular flexibility index (Phi) is 6.68. The van der Waals surface area contributed by atoms with Gasteiger partial charge in [0.15, 0.2) is 5.75 Å². The van der Waals surface area contributed by atoms with E-state index < -0.39 is 0 Å². The van der Waals surface area contributed by atoms with E-state index in [0.717, 1.165) is 49.9 Å². The van der Waals surface area contributed by atoms with Crippen LogP contribution in [0.5, 0.6) is 5.75 Å². The van der Waals surface area contributed by atoms with Gasteiger partial charge in [-0.05, 0) is 93.2 Å². The molecule has 0 saturated carbocycles. The van der Waals surface area contributed by atoms with Crippen LogP contribution in [0.1, 0.15) is 5.56 Å². The topological polar surface area (TPSA) is 53.3 Å². The number of furan rings is 1. The highest BCUT2D eigenvalue weighted by molar-refractivity contribution is 6.22. The van der Waals surface area contributed by atoms with Gasteiger partial charge < -0.3 is 19.5 Å². The molecule has 0 aliphatic carbocycles. The Bertz CT molecular complexity index is 2900. The largest absolute Gasteiger partial charge is 0.486 e. The molecule has 10 rings (SSSR count). The molecule has 0 atom stereocenters. The number of para-hydroxylation sites is 1. The predicted molar refractivity (Wildman–Crippen MR) is 212 cm³/mol. The summed E-state index contributed by atoms with van der Waals surface area (Å²) in [7, 11) is 0. The van der Waals surface area contributed by atoms with Crippen molar-refractivity contribution in [3.8, 4) is 33.7 Å². The molecule has 0 amide bonds. The number of ether oxygens (including phenoxy) is 1. The number of nitrogens with zero attached hydrogens (tertiary/aromatic N) is 1. The maximum atomic E-state index is 6.54. The van der Waals surface area contributed by atoms with Crippen LogP contribution in [0.25, 0.3) is 82.5 Å². The molecule has 4 nitrogen and oxygen atoms in total. The molecule has 0 radical (unpaired) electrons. The first-order valence-corrected chi connectivity index (χ1v) is 17.2. The highest BCUT2D eigenvalue weighted by Crippen LogP contribution is 2.42. The number of anilines is 1. The van der Waals surface area contributed by atoms with E-state index >= 15 is 0 Å². The summed E-state index contributed by atoms with van der Waals surface area (Å²) in [6.45, 7) is 0.379. The van der Waals surface area contributed by atoms with Crippen molar-refractivity contribution >= 4 is 60.2 Å². The van der Waals surface area contributed by atoms with Crippen molar-refractivity contribution in [1.29, 1.82) is 0 Å². The van der Waals surface area contributed by atoms with Crippen LogP contribution in [0.3, 0.4) is 0 Å². The molecule has 0 spiro atoms. The summed E-state index contributed by atoms with van der Waals surface area (Å²) >= 11 is 0. The highest BCUT2D eigenvalue weighted by atomic mass is 16.5. The molecule has 0 unspecified atom stereocenters. The molecule has 0 saturated heterocycles. The second kappa shape index (κ2) is 11.7. The Balaban J connectivity index is 1.00. The zero-order valence-corrected chi connectivity index (χ0v) is 27.7. The van der Waals surface area contributed by atoms with Gasteiger partial charge in [-0.15, -0.1) is 0 Å². The van der Waals surface area contributed by atoms with Gasteiger partial charge in [-0.3, -0.25) is 0 Å². The molecule has 2 N–H and O–H groups in total. The van der Waals surface area contributed by atoms with Crippen molar-refractivity contribution in [2.75, 3.05) is 5.73 Å².